The molecule has 0 aliphatic heterocycles. The average Bonchev–Trinajstić information content (AvgIpc) is 2.91. The number of halogens is 1. The first-order valence-corrected chi connectivity index (χ1v) is 15.1. The van der Waals surface area contributed by atoms with E-state index in [0.29, 0.717) is 12.2 Å². The highest BCUT2D eigenvalue weighted by atomic mass is 79.9. The monoisotopic (exact) mass is 613 g/mol. The topological polar surface area (TPSA) is 86.8 Å². The molecule has 7 nitrogen and oxygen atoms in total. The number of anilines is 1. The van der Waals surface area contributed by atoms with Gasteiger partial charge in [-0.05, 0) is 79.8 Å². The predicted molar refractivity (Wildman–Crippen MR) is 159 cm³/mol. The van der Waals surface area contributed by atoms with Crippen LogP contribution in [0, 0.1) is 19.8 Å². The first-order chi connectivity index (χ1) is 18.4. The molecule has 1 atom stereocenters. The average molecular weight is 615 g/mol. The minimum Gasteiger partial charge on any atom is -0.354 e. The number of benzene rings is 3. The van der Waals surface area contributed by atoms with Crippen molar-refractivity contribution < 1.29 is 18.0 Å². The van der Waals surface area contributed by atoms with E-state index in [0.717, 1.165) is 25.5 Å². The zero-order chi connectivity index (χ0) is 28.7. The molecule has 3 rings (SSSR count). The Balaban J connectivity index is 2.02. The van der Waals surface area contributed by atoms with Crippen molar-refractivity contribution in [2.24, 2.45) is 5.92 Å². The van der Waals surface area contributed by atoms with Crippen molar-refractivity contribution >= 4 is 43.5 Å². The van der Waals surface area contributed by atoms with Gasteiger partial charge in [-0.1, -0.05) is 66.2 Å². The predicted octanol–water partition coefficient (Wildman–Crippen LogP) is 5.45. The summed E-state index contributed by atoms with van der Waals surface area (Å²) in [5.41, 5.74) is 3.12. The zero-order valence-corrected chi connectivity index (χ0v) is 25.4. The van der Waals surface area contributed by atoms with Crippen LogP contribution in [0.25, 0.3) is 0 Å². The number of amides is 2. The zero-order valence-electron chi connectivity index (χ0n) is 23.0. The molecule has 9 heteroatoms. The highest BCUT2D eigenvalue weighted by Crippen LogP contribution is 2.26. The fourth-order valence-electron chi connectivity index (χ4n) is 3.95. The maximum absolute atomic E-state index is 13.9. The molecule has 0 bridgehead atoms. The number of hydrogen-bond acceptors (Lipinski definition) is 4. The molecule has 0 spiro atoms. The van der Waals surface area contributed by atoms with Crippen LogP contribution in [-0.2, 0) is 26.2 Å². The molecule has 2 amide bonds. The number of aryl methyl sites for hydroxylation is 2. The minimum absolute atomic E-state index is 0.0817. The van der Waals surface area contributed by atoms with Crippen LogP contribution in [0.15, 0.2) is 82.2 Å². The van der Waals surface area contributed by atoms with Gasteiger partial charge in [0, 0.05) is 17.6 Å². The third kappa shape index (κ3) is 7.92. The van der Waals surface area contributed by atoms with E-state index in [1.54, 1.807) is 37.3 Å². The van der Waals surface area contributed by atoms with E-state index in [1.807, 2.05) is 58.0 Å². The Hall–Kier alpha value is -3.17. The van der Waals surface area contributed by atoms with E-state index in [9.17, 15) is 18.0 Å². The Morgan fingerprint density at radius 1 is 0.897 bits per heavy atom. The smallest absolute Gasteiger partial charge is 0.264 e. The van der Waals surface area contributed by atoms with Gasteiger partial charge < -0.3 is 10.2 Å². The molecular weight excluding hydrogens is 578 g/mol. The SMILES string of the molecule is Cc1ccc(N(CC(=O)N(Cc2ccc(Br)cc2)[C@@H](C)C(=O)NCC(C)C)S(=O)(=O)c2ccccc2)cc1C. The Labute approximate surface area is 240 Å². The molecule has 39 heavy (non-hydrogen) atoms. The maximum atomic E-state index is 13.9. The number of sulfonamides is 1. The van der Waals surface area contributed by atoms with Gasteiger partial charge in [-0.25, -0.2) is 8.42 Å². The Morgan fingerprint density at radius 3 is 2.13 bits per heavy atom. The van der Waals surface area contributed by atoms with Crippen LogP contribution in [0.4, 0.5) is 5.69 Å². The normalized spacial score (nSPS) is 12.2. The molecule has 208 valence electrons. The van der Waals surface area contributed by atoms with E-state index < -0.39 is 28.5 Å². The van der Waals surface area contributed by atoms with E-state index in [-0.39, 0.29) is 23.3 Å². The van der Waals surface area contributed by atoms with Crippen LogP contribution in [-0.4, -0.2) is 44.3 Å². The largest absolute Gasteiger partial charge is 0.354 e. The molecule has 0 aliphatic carbocycles. The summed E-state index contributed by atoms with van der Waals surface area (Å²) in [4.78, 5) is 28.5. The van der Waals surface area contributed by atoms with Gasteiger partial charge in [0.15, 0.2) is 0 Å². The summed E-state index contributed by atoms with van der Waals surface area (Å²) in [6.45, 7) is 9.65. The van der Waals surface area contributed by atoms with Crippen LogP contribution in [0.3, 0.4) is 0 Å². The van der Waals surface area contributed by atoms with E-state index >= 15 is 0 Å². The molecule has 0 fully saturated rings. The molecule has 3 aromatic carbocycles. The lowest BCUT2D eigenvalue weighted by molar-refractivity contribution is -0.139. The van der Waals surface area contributed by atoms with Crippen LogP contribution >= 0.6 is 15.9 Å². The Kier molecular flexibility index (Phi) is 10.3. The first-order valence-electron chi connectivity index (χ1n) is 12.9. The minimum atomic E-state index is -4.08. The molecular formula is C30H36BrN3O4S. The molecule has 0 saturated carbocycles. The molecule has 3 aromatic rings. The number of rotatable bonds is 11. The van der Waals surface area contributed by atoms with Crippen molar-refractivity contribution in [1.82, 2.24) is 10.2 Å². The summed E-state index contributed by atoms with van der Waals surface area (Å²) in [7, 11) is -4.08. The fourth-order valence-corrected chi connectivity index (χ4v) is 5.64. The van der Waals surface area contributed by atoms with Crippen molar-refractivity contribution in [3.63, 3.8) is 0 Å². The molecule has 0 aliphatic rings. The van der Waals surface area contributed by atoms with Crippen molar-refractivity contribution in [3.05, 3.63) is 94.0 Å². The number of nitrogens with zero attached hydrogens (tertiary/aromatic N) is 2. The summed E-state index contributed by atoms with van der Waals surface area (Å²) in [5.74, 6) is -0.534. The lowest BCUT2D eigenvalue weighted by Crippen LogP contribution is -2.51. The summed E-state index contributed by atoms with van der Waals surface area (Å²) in [6, 6.07) is 20.0. The third-order valence-corrected chi connectivity index (χ3v) is 8.82. The molecule has 1 N–H and O–H groups in total. The third-order valence-electron chi connectivity index (χ3n) is 6.51. The fraction of sp³-hybridized carbons (Fsp3) is 0.333. The van der Waals surface area contributed by atoms with E-state index in [1.165, 1.54) is 17.0 Å². The van der Waals surface area contributed by atoms with Crippen LogP contribution in [0.2, 0.25) is 0 Å². The van der Waals surface area contributed by atoms with Gasteiger partial charge >= 0.3 is 0 Å². The Morgan fingerprint density at radius 2 is 1.54 bits per heavy atom. The van der Waals surface area contributed by atoms with Crippen LogP contribution < -0.4 is 9.62 Å². The van der Waals surface area contributed by atoms with Gasteiger partial charge in [0.1, 0.15) is 12.6 Å². The van der Waals surface area contributed by atoms with Crippen LogP contribution in [0.1, 0.15) is 37.5 Å². The van der Waals surface area contributed by atoms with Crippen molar-refractivity contribution in [2.45, 2.75) is 52.1 Å². The summed E-state index contributed by atoms with van der Waals surface area (Å²) in [6.07, 6.45) is 0. The second-order valence-corrected chi connectivity index (χ2v) is 12.8. The summed E-state index contributed by atoms with van der Waals surface area (Å²) >= 11 is 3.42. The van der Waals surface area contributed by atoms with Gasteiger partial charge in [-0.3, -0.25) is 13.9 Å². The lowest BCUT2D eigenvalue weighted by Gasteiger charge is -2.32. The first kappa shape index (κ1) is 30.4. The van der Waals surface area contributed by atoms with Gasteiger partial charge in [-0.15, -0.1) is 0 Å². The highest BCUT2D eigenvalue weighted by Gasteiger charge is 2.32. The van der Waals surface area contributed by atoms with Crippen molar-refractivity contribution in [1.29, 1.82) is 0 Å². The van der Waals surface area contributed by atoms with Gasteiger partial charge in [-0.2, -0.15) is 0 Å². The van der Waals surface area contributed by atoms with Crippen molar-refractivity contribution in [3.8, 4) is 0 Å². The number of nitrogens with one attached hydrogen (secondary N) is 1. The summed E-state index contributed by atoms with van der Waals surface area (Å²) < 4.78 is 29.7. The highest BCUT2D eigenvalue weighted by molar-refractivity contribution is 9.10. The Bertz CT molecular complexity index is 1390. The van der Waals surface area contributed by atoms with Gasteiger partial charge in [0.05, 0.1) is 10.6 Å². The molecule has 0 saturated heterocycles. The second kappa shape index (κ2) is 13.3. The van der Waals surface area contributed by atoms with E-state index in [2.05, 4.69) is 21.2 Å². The maximum Gasteiger partial charge on any atom is 0.264 e. The quantitative estimate of drug-likeness (QED) is 0.311. The summed E-state index contributed by atoms with van der Waals surface area (Å²) in [5, 5.41) is 2.89. The standard InChI is InChI=1S/C30H36BrN3O4S/c1-21(2)18-32-30(36)24(5)33(19-25-12-14-26(31)15-13-25)29(35)20-34(27-16-11-22(3)23(4)17-27)39(37,38)28-9-7-6-8-10-28/h6-17,21,24H,18-20H2,1-5H3,(H,32,36)/t24-/m0/s1. The molecule has 0 aromatic heterocycles. The number of hydrogen-bond donors (Lipinski definition) is 1. The number of carbonyl (C=O) groups is 2. The lowest BCUT2D eigenvalue weighted by atomic mass is 10.1. The van der Waals surface area contributed by atoms with Gasteiger partial charge in [0.25, 0.3) is 10.0 Å². The van der Waals surface area contributed by atoms with Crippen LogP contribution in [0.5, 0.6) is 0 Å². The van der Waals surface area contributed by atoms with Gasteiger partial charge in [0.2, 0.25) is 11.8 Å². The molecule has 0 heterocycles. The second-order valence-electron chi connectivity index (χ2n) is 10.1. The number of carbonyl (C=O) groups excluding carboxylic acids is 2. The molecule has 0 radical (unpaired) electrons. The van der Waals surface area contributed by atoms with Crippen molar-refractivity contribution in [2.75, 3.05) is 17.4 Å². The molecule has 0 unspecified atom stereocenters. The van der Waals surface area contributed by atoms with E-state index in [4.69, 9.17) is 0 Å².